The normalized spacial score (nSPS) is 20.0. The van der Waals surface area contributed by atoms with Crippen LogP contribution in [0.2, 0.25) is 5.02 Å². The van der Waals surface area contributed by atoms with Crippen LogP contribution in [0.5, 0.6) is 0 Å². The number of rotatable bonds is 4. The highest BCUT2D eigenvalue weighted by atomic mass is 35.5. The van der Waals surface area contributed by atoms with Gasteiger partial charge in [-0.25, -0.2) is 0 Å². The van der Waals surface area contributed by atoms with E-state index in [1.807, 2.05) is 18.7 Å². The van der Waals surface area contributed by atoms with Gasteiger partial charge in [-0.2, -0.15) is 9.97 Å². The molecule has 2 heterocycles. The lowest BCUT2D eigenvalue weighted by Crippen LogP contribution is -2.46. The maximum Gasteiger partial charge on any atom is 0.353 e. The van der Waals surface area contributed by atoms with Gasteiger partial charge >= 0.3 is 5.69 Å². The fraction of sp³-hybridized carbons (Fsp3) is 0.375. The Hall–Kier alpha value is -2.65. The number of anilines is 4. The smallest absolute Gasteiger partial charge is 0.353 e. The van der Waals surface area contributed by atoms with Crippen molar-refractivity contribution in [2.75, 3.05) is 29.0 Å². The minimum Gasteiger partial charge on any atom is -0.378 e. The summed E-state index contributed by atoms with van der Waals surface area (Å²) in [6.07, 6.45) is -0.0220. The number of hydrogen-bond acceptors (Lipinski definition) is 8. The first-order valence-electron chi connectivity index (χ1n) is 8.08. The molecular formula is C16H19ClN6O3. The number of aromatic nitrogens is 2. The third-order valence-corrected chi connectivity index (χ3v) is 4.11. The molecule has 10 heteroatoms. The summed E-state index contributed by atoms with van der Waals surface area (Å²) in [6.45, 7) is 5.03. The van der Waals surface area contributed by atoms with Gasteiger partial charge in [0.15, 0.2) is 0 Å². The number of ether oxygens (including phenoxy) is 1. The zero-order chi connectivity index (χ0) is 18.8. The van der Waals surface area contributed by atoms with Crippen LogP contribution >= 0.6 is 11.6 Å². The van der Waals surface area contributed by atoms with Crippen molar-refractivity contribution in [2.24, 2.45) is 0 Å². The first-order valence-corrected chi connectivity index (χ1v) is 8.46. The van der Waals surface area contributed by atoms with E-state index in [1.54, 1.807) is 24.3 Å². The van der Waals surface area contributed by atoms with E-state index in [-0.39, 0.29) is 29.5 Å². The van der Waals surface area contributed by atoms with Gasteiger partial charge in [-0.1, -0.05) is 17.7 Å². The molecule has 138 valence electrons. The third-order valence-electron chi connectivity index (χ3n) is 3.87. The molecule has 1 aliphatic heterocycles. The molecular weight excluding hydrogens is 360 g/mol. The second-order valence-electron chi connectivity index (χ2n) is 6.16. The number of nitrogens with one attached hydrogen (secondary N) is 1. The van der Waals surface area contributed by atoms with Crippen molar-refractivity contribution in [1.82, 2.24) is 9.97 Å². The van der Waals surface area contributed by atoms with Gasteiger partial charge in [-0.05, 0) is 32.0 Å². The summed E-state index contributed by atoms with van der Waals surface area (Å²) in [5.74, 6) is 0.141. The van der Waals surface area contributed by atoms with Crippen LogP contribution in [0.3, 0.4) is 0 Å². The first-order chi connectivity index (χ1) is 12.3. The minimum atomic E-state index is -0.601. The molecule has 1 fully saturated rings. The van der Waals surface area contributed by atoms with Crippen molar-refractivity contribution in [1.29, 1.82) is 0 Å². The number of nitro groups is 1. The van der Waals surface area contributed by atoms with E-state index in [2.05, 4.69) is 15.3 Å². The Morgan fingerprint density at radius 2 is 2.04 bits per heavy atom. The average molecular weight is 379 g/mol. The van der Waals surface area contributed by atoms with Crippen molar-refractivity contribution >= 4 is 40.6 Å². The highest BCUT2D eigenvalue weighted by molar-refractivity contribution is 6.30. The Bertz CT molecular complexity index is 824. The fourth-order valence-corrected chi connectivity index (χ4v) is 3.10. The highest BCUT2D eigenvalue weighted by Crippen LogP contribution is 2.33. The summed E-state index contributed by atoms with van der Waals surface area (Å²) in [5, 5.41) is 14.9. The van der Waals surface area contributed by atoms with Crippen LogP contribution in [-0.4, -0.2) is 40.2 Å². The molecule has 1 aromatic heterocycles. The van der Waals surface area contributed by atoms with Gasteiger partial charge in [0.1, 0.15) is 0 Å². The van der Waals surface area contributed by atoms with E-state index in [4.69, 9.17) is 22.1 Å². The maximum absolute atomic E-state index is 11.4. The summed E-state index contributed by atoms with van der Waals surface area (Å²) in [4.78, 5) is 21.2. The Balaban J connectivity index is 2.00. The Morgan fingerprint density at radius 3 is 2.65 bits per heavy atom. The number of nitrogen functional groups attached to an aromatic ring is 1. The van der Waals surface area contributed by atoms with Crippen molar-refractivity contribution in [3.05, 3.63) is 39.4 Å². The van der Waals surface area contributed by atoms with Gasteiger partial charge in [0.05, 0.1) is 17.1 Å². The Morgan fingerprint density at radius 1 is 1.35 bits per heavy atom. The summed E-state index contributed by atoms with van der Waals surface area (Å²) < 4.78 is 5.70. The van der Waals surface area contributed by atoms with Gasteiger partial charge in [-0.15, -0.1) is 0 Å². The molecule has 26 heavy (non-hydrogen) atoms. The Labute approximate surface area is 155 Å². The lowest BCUT2D eigenvalue weighted by molar-refractivity contribution is -0.383. The molecule has 9 nitrogen and oxygen atoms in total. The molecule has 2 atom stereocenters. The van der Waals surface area contributed by atoms with Gasteiger partial charge in [0.25, 0.3) is 0 Å². The van der Waals surface area contributed by atoms with Crippen molar-refractivity contribution < 1.29 is 9.66 Å². The molecule has 1 aliphatic rings. The number of nitrogens with zero attached hydrogens (tertiary/aromatic N) is 4. The number of hydrogen-bond donors (Lipinski definition) is 2. The topological polar surface area (TPSA) is 119 Å². The molecule has 2 aromatic rings. The van der Waals surface area contributed by atoms with Gasteiger partial charge in [0, 0.05) is 23.8 Å². The minimum absolute atomic E-state index is 0.0110. The molecule has 0 spiro atoms. The molecule has 0 aliphatic carbocycles. The third kappa shape index (κ3) is 3.94. The molecule has 3 N–H and O–H groups in total. The van der Waals surface area contributed by atoms with Gasteiger partial charge in [0.2, 0.25) is 17.6 Å². The van der Waals surface area contributed by atoms with E-state index in [0.29, 0.717) is 29.7 Å². The summed E-state index contributed by atoms with van der Waals surface area (Å²) >= 11 is 5.98. The highest BCUT2D eigenvalue weighted by Gasteiger charge is 2.29. The summed E-state index contributed by atoms with van der Waals surface area (Å²) in [5.41, 5.74) is 6.06. The van der Waals surface area contributed by atoms with E-state index in [0.717, 1.165) is 0 Å². The van der Waals surface area contributed by atoms with Crippen LogP contribution in [0.1, 0.15) is 13.8 Å². The average Bonchev–Trinajstić information content (AvgIpc) is 2.53. The molecule has 0 bridgehead atoms. The predicted molar refractivity (Wildman–Crippen MR) is 100 cm³/mol. The number of nitrogens with two attached hydrogens (primary N) is 1. The van der Waals surface area contributed by atoms with E-state index >= 15 is 0 Å². The second-order valence-corrected chi connectivity index (χ2v) is 6.60. The van der Waals surface area contributed by atoms with Gasteiger partial charge < -0.3 is 20.7 Å². The largest absolute Gasteiger partial charge is 0.378 e. The summed E-state index contributed by atoms with van der Waals surface area (Å²) in [6, 6.07) is 6.80. The molecule has 1 aromatic carbocycles. The van der Waals surface area contributed by atoms with Crippen LogP contribution in [0.25, 0.3) is 0 Å². The zero-order valence-electron chi connectivity index (χ0n) is 14.3. The molecule has 0 saturated carbocycles. The van der Waals surface area contributed by atoms with Crippen LogP contribution in [0.4, 0.5) is 29.0 Å². The first kappa shape index (κ1) is 18.2. The maximum atomic E-state index is 11.4. The molecule has 0 radical (unpaired) electrons. The number of benzene rings is 1. The molecule has 3 rings (SSSR count). The lowest BCUT2D eigenvalue weighted by Gasteiger charge is -2.35. The van der Waals surface area contributed by atoms with Crippen LogP contribution in [-0.2, 0) is 4.74 Å². The lowest BCUT2D eigenvalue weighted by atomic mass is 10.2. The second kappa shape index (κ2) is 7.30. The fourth-order valence-electron chi connectivity index (χ4n) is 2.91. The van der Waals surface area contributed by atoms with Crippen LogP contribution in [0, 0.1) is 10.1 Å². The monoisotopic (exact) mass is 378 g/mol. The number of halogens is 1. The van der Waals surface area contributed by atoms with Crippen molar-refractivity contribution in [3.63, 3.8) is 0 Å². The van der Waals surface area contributed by atoms with E-state index in [1.165, 1.54) is 0 Å². The van der Waals surface area contributed by atoms with Crippen LogP contribution < -0.4 is 16.0 Å². The zero-order valence-corrected chi connectivity index (χ0v) is 15.1. The van der Waals surface area contributed by atoms with E-state index < -0.39 is 4.92 Å². The summed E-state index contributed by atoms with van der Waals surface area (Å²) in [7, 11) is 0. The van der Waals surface area contributed by atoms with Crippen molar-refractivity contribution in [2.45, 2.75) is 26.1 Å². The van der Waals surface area contributed by atoms with Crippen molar-refractivity contribution in [3.8, 4) is 0 Å². The molecule has 1 saturated heterocycles. The van der Waals surface area contributed by atoms with Crippen LogP contribution in [0.15, 0.2) is 24.3 Å². The Kier molecular flexibility index (Phi) is 5.10. The number of morpholine rings is 1. The van der Waals surface area contributed by atoms with Gasteiger partial charge in [-0.3, -0.25) is 10.1 Å². The van der Waals surface area contributed by atoms with E-state index in [9.17, 15) is 10.1 Å². The molecule has 2 unspecified atom stereocenters. The predicted octanol–water partition coefficient (Wildman–Crippen LogP) is 2.98. The standard InChI is InChI=1S/C16H19ClN6O3/c1-9-7-22(8-10(2)26-9)16-20-14(18)13(23(24)25)15(21-16)19-12-5-3-4-11(17)6-12/h3-6,9-10H,7-8H2,1-2H3,(H3,18,19,20,21). The quantitative estimate of drug-likeness (QED) is 0.615. The SMILES string of the molecule is CC1CN(c2nc(N)c([N+](=O)[O-])c(Nc3cccc(Cl)c3)n2)CC(C)O1. The molecule has 0 amide bonds.